The van der Waals surface area contributed by atoms with Crippen molar-refractivity contribution >= 4 is 47.0 Å². The van der Waals surface area contributed by atoms with Gasteiger partial charge in [-0.3, -0.25) is 0 Å². The summed E-state index contributed by atoms with van der Waals surface area (Å²) >= 11 is 2.31. The van der Waals surface area contributed by atoms with E-state index in [1.54, 1.807) is 0 Å². The van der Waals surface area contributed by atoms with Crippen molar-refractivity contribution in [1.29, 1.82) is 0 Å². The molecule has 0 aromatic carbocycles. The molecule has 90 valence electrons. The molecule has 0 aromatic rings. The van der Waals surface area contributed by atoms with Crippen molar-refractivity contribution in [3.63, 3.8) is 0 Å². The zero-order valence-corrected chi connectivity index (χ0v) is 15.0. The number of nitrogens with zero attached hydrogens (tertiary/aromatic N) is 1. The Kier molecular flexibility index (Phi) is 13.0. The Morgan fingerprint density at radius 1 is 1.80 bits per heavy atom. The van der Waals surface area contributed by atoms with E-state index in [0.717, 1.165) is 4.55 Å². The van der Waals surface area contributed by atoms with Gasteiger partial charge in [-0.05, 0) is 0 Å². The van der Waals surface area contributed by atoms with Gasteiger partial charge in [-0.1, -0.05) is 0 Å². The van der Waals surface area contributed by atoms with Crippen LogP contribution in [0.15, 0.2) is 16.7 Å². The van der Waals surface area contributed by atoms with Crippen LogP contribution in [0.2, 0.25) is 0 Å². The molecule has 0 amide bonds. The molecule has 0 fully saturated rings. The fourth-order valence-corrected chi connectivity index (χ4v) is 4.27. The van der Waals surface area contributed by atoms with Gasteiger partial charge in [-0.15, -0.1) is 0 Å². The summed E-state index contributed by atoms with van der Waals surface area (Å²) in [7, 11) is 0. The molecule has 0 spiro atoms. The van der Waals surface area contributed by atoms with Crippen LogP contribution in [-0.2, 0) is 0 Å². The topological polar surface area (TPSA) is 53.3 Å². The molecule has 0 heterocycles. The van der Waals surface area contributed by atoms with Gasteiger partial charge in [0.25, 0.3) is 0 Å². The molecule has 15 heavy (non-hydrogen) atoms. The first-order valence-corrected chi connectivity index (χ1v) is 11.1. The average molecular weight is 549 g/mol. The normalized spacial score (nSPS) is 13.6. The molecule has 0 aliphatic heterocycles. The molecule has 0 bridgehead atoms. The molecule has 4 N–H and O–H groups in total. The molecule has 0 aromatic heterocycles. The standard InChI is InChI=1S/C8H16I3N4/c1-3-11-5-4-8(12)13-7-14-15(6-9)10-2/h4-5,8,13-14H,1,6-7,12H2,2H3/q-1/b5-4+. The molecule has 1 unspecified atom stereocenters. The predicted molar refractivity (Wildman–Crippen MR) is 79.6 cm³/mol. The summed E-state index contributed by atoms with van der Waals surface area (Å²) < 4.78 is 8.17. The number of alkyl halides is 2. The number of hydrogen-bond acceptors (Lipinski definition) is 4. The monoisotopic (exact) mass is 549 g/mol. The zero-order valence-electron chi connectivity index (χ0n) is 8.51. The maximum absolute atomic E-state index is 5.80. The summed E-state index contributed by atoms with van der Waals surface area (Å²) in [6, 6.07) is 0. The second-order valence-electron chi connectivity index (χ2n) is 2.28. The first-order valence-electron chi connectivity index (χ1n) is 4.11. The second kappa shape index (κ2) is 11.9. The molecule has 7 heteroatoms. The number of nitrogens with two attached hydrogens (primary N) is 1. The summed E-state index contributed by atoms with van der Waals surface area (Å²) in [5.41, 5.74) is 9.07. The molecular weight excluding hydrogens is 533 g/mol. The summed E-state index contributed by atoms with van der Waals surface area (Å²) in [5.74, 6) is 0. The number of rotatable bonds is 8. The number of hydrazine groups is 1. The van der Waals surface area contributed by atoms with Gasteiger partial charge in [0.15, 0.2) is 0 Å². The summed E-state index contributed by atoms with van der Waals surface area (Å²) in [6.07, 6.45) is 1.87. The Hall–Kier alpha value is 1.42. The zero-order chi connectivity index (χ0) is 11.5. The van der Waals surface area contributed by atoms with E-state index in [4.69, 9.17) is 5.73 Å². The molecule has 0 radical (unpaired) electrons. The van der Waals surface area contributed by atoms with Crippen molar-refractivity contribution in [2.75, 3.05) is 16.2 Å². The Bertz CT molecular complexity index is 224. The minimum atomic E-state index is -0.129. The first-order chi connectivity index (χ1) is 7.24. The predicted octanol–water partition coefficient (Wildman–Crippen LogP) is -2.28. The van der Waals surface area contributed by atoms with Crippen molar-refractivity contribution < 1.29 is 21.5 Å². The van der Waals surface area contributed by atoms with E-state index in [-0.39, 0.29) is 48.4 Å². The molecule has 0 saturated heterocycles. The maximum atomic E-state index is 5.80. The van der Waals surface area contributed by atoms with E-state index >= 15 is 0 Å². The molecule has 0 aliphatic rings. The van der Waals surface area contributed by atoms with Crippen LogP contribution < -0.4 is 38.0 Å². The van der Waals surface area contributed by atoms with Crippen LogP contribution in [-0.4, -0.2) is 29.2 Å². The van der Waals surface area contributed by atoms with Crippen LogP contribution in [0.25, 0.3) is 0 Å². The van der Waals surface area contributed by atoms with Gasteiger partial charge < -0.3 is 0 Å². The number of nitrogens with one attached hydrogen (secondary N) is 2. The number of hydrogen-bond donors (Lipinski definition) is 3. The Morgan fingerprint density at radius 2 is 2.53 bits per heavy atom. The minimum absolute atomic E-state index is 0.0864. The summed E-state index contributed by atoms with van der Waals surface area (Å²) in [6.45, 7) is 4.27. The summed E-state index contributed by atoms with van der Waals surface area (Å²) in [4.78, 5) is 2.22. The van der Waals surface area contributed by atoms with E-state index in [1.807, 2.05) is 6.08 Å². The van der Waals surface area contributed by atoms with Crippen molar-refractivity contribution in [3.8, 4) is 0 Å². The third kappa shape index (κ3) is 10.3. The van der Waals surface area contributed by atoms with Gasteiger partial charge in [-0.2, -0.15) is 0 Å². The molecule has 0 rings (SSSR count). The van der Waals surface area contributed by atoms with Crippen molar-refractivity contribution in [2.24, 2.45) is 5.73 Å². The SMILES string of the molecule is C=C=I/C=C/C(N)NCNN(CI)[I-]C. The molecule has 0 saturated carbocycles. The Labute approximate surface area is 126 Å². The van der Waals surface area contributed by atoms with E-state index in [1.165, 1.54) is 0 Å². The fraction of sp³-hybridized carbons (Fsp3) is 0.500. The van der Waals surface area contributed by atoms with Gasteiger partial charge in [-0.25, -0.2) is 0 Å². The van der Waals surface area contributed by atoms with Gasteiger partial charge in [0.2, 0.25) is 0 Å². The first kappa shape index (κ1) is 16.4. The molecule has 0 aliphatic carbocycles. The van der Waals surface area contributed by atoms with Crippen LogP contribution in [0.3, 0.4) is 0 Å². The van der Waals surface area contributed by atoms with Crippen molar-refractivity contribution in [2.45, 2.75) is 6.17 Å². The van der Waals surface area contributed by atoms with Crippen LogP contribution in [0.1, 0.15) is 0 Å². The summed E-state index contributed by atoms with van der Waals surface area (Å²) in [5, 5.41) is 3.16. The quantitative estimate of drug-likeness (QED) is 0.0800. The van der Waals surface area contributed by atoms with E-state index in [2.05, 4.69) is 55.8 Å². The van der Waals surface area contributed by atoms with E-state index < -0.39 is 0 Å². The van der Waals surface area contributed by atoms with Crippen LogP contribution >= 0.6 is 43.3 Å². The molecule has 4 nitrogen and oxygen atoms in total. The number of halogens is 3. The average Bonchev–Trinajstić information content (AvgIpc) is 2.25. The fourth-order valence-electron chi connectivity index (χ4n) is 0.624. The van der Waals surface area contributed by atoms with Gasteiger partial charge in [0.1, 0.15) is 0 Å². The van der Waals surface area contributed by atoms with Gasteiger partial charge in [0, 0.05) is 0 Å². The van der Waals surface area contributed by atoms with Crippen LogP contribution in [0.4, 0.5) is 0 Å². The van der Waals surface area contributed by atoms with Crippen LogP contribution in [0, 0.1) is 0 Å². The third-order valence-corrected chi connectivity index (χ3v) is 6.37. The third-order valence-electron chi connectivity index (χ3n) is 1.32. The van der Waals surface area contributed by atoms with E-state index in [0.29, 0.717) is 6.67 Å². The van der Waals surface area contributed by atoms with Crippen molar-refractivity contribution in [3.05, 3.63) is 16.7 Å². The van der Waals surface area contributed by atoms with Crippen LogP contribution in [0.5, 0.6) is 0 Å². The Morgan fingerprint density at radius 3 is 3.07 bits per heavy atom. The second-order valence-corrected chi connectivity index (χ2v) is 7.19. The van der Waals surface area contributed by atoms with Gasteiger partial charge in [0.05, 0.1) is 0 Å². The Balaban J connectivity index is 3.62. The molecular formula is C8H16I3N4-. The molecule has 1 atom stereocenters. The van der Waals surface area contributed by atoms with E-state index in [9.17, 15) is 0 Å². The van der Waals surface area contributed by atoms with Crippen molar-refractivity contribution in [1.82, 2.24) is 14.0 Å². The van der Waals surface area contributed by atoms with Gasteiger partial charge >= 0.3 is 127 Å².